The number of likely N-dealkylation sites (tertiary alicyclic amines) is 2. The van der Waals surface area contributed by atoms with Crippen LogP contribution in [-0.2, 0) is 18.4 Å². The zero-order valence-corrected chi connectivity index (χ0v) is 20.6. The first-order valence-electron chi connectivity index (χ1n) is 13.9. The van der Waals surface area contributed by atoms with Crippen LogP contribution in [-0.4, -0.2) is 48.6 Å². The minimum Gasteiger partial charge on any atom is -0.497 e. The van der Waals surface area contributed by atoms with Crippen molar-refractivity contribution in [1.82, 2.24) is 9.80 Å². The summed E-state index contributed by atoms with van der Waals surface area (Å²) in [4.78, 5) is 5.88. The van der Waals surface area contributed by atoms with E-state index in [2.05, 4.69) is 58.3 Å². The Labute approximate surface area is 204 Å². The molecular weight excluding hydrogens is 416 g/mol. The van der Waals surface area contributed by atoms with Crippen molar-refractivity contribution in [3.8, 4) is 5.75 Å². The number of benzene rings is 2. The van der Waals surface area contributed by atoms with Crippen molar-refractivity contribution in [3.05, 3.63) is 65.2 Å². The van der Waals surface area contributed by atoms with Gasteiger partial charge in [-0.25, -0.2) is 0 Å². The lowest BCUT2D eigenvalue weighted by molar-refractivity contribution is -0.105. The second-order valence-corrected chi connectivity index (χ2v) is 12.6. The lowest BCUT2D eigenvalue weighted by Gasteiger charge is -2.66. The van der Waals surface area contributed by atoms with Crippen LogP contribution >= 0.6 is 0 Å². The van der Waals surface area contributed by atoms with Crippen LogP contribution in [0.5, 0.6) is 5.75 Å². The summed E-state index contributed by atoms with van der Waals surface area (Å²) in [6.45, 7) is 5.12. The van der Waals surface area contributed by atoms with Crippen LogP contribution in [0.15, 0.2) is 48.5 Å². The van der Waals surface area contributed by atoms with E-state index in [4.69, 9.17) is 4.74 Å². The molecule has 4 unspecified atom stereocenters. The van der Waals surface area contributed by atoms with E-state index in [0.717, 1.165) is 42.1 Å². The van der Waals surface area contributed by atoms with E-state index in [0.29, 0.717) is 10.8 Å². The van der Waals surface area contributed by atoms with Crippen molar-refractivity contribution in [1.29, 1.82) is 0 Å². The summed E-state index contributed by atoms with van der Waals surface area (Å²) >= 11 is 0. The quantitative estimate of drug-likeness (QED) is 0.612. The third-order valence-electron chi connectivity index (χ3n) is 11.3. The normalized spacial score (nSPS) is 40.1. The maximum absolute atomic E-state index is 5.81. The molecule has 5 fully saturated rings. The number of piperidine rings is 1. The van der Waals surface area contributed by atoms with Gasteiger partial charge < -0.3 is 4.74 Å². The highest BCUT2D eigenvalue weighted by molar-refractivity contribution is 5.51. The van der Waals surface area contributed by atoms with Crippen molar-refractivity contribution in [2.24, 2.45) is 23.2 Å². The Bertz CT molecular complexity index is 1110. The minimum absolute atomic E-state index is 0.360. The van der Waals surface area contributed by atoms with Gasteiger partial charge in [0.15, 0.2) is 0 Å². The van der Waals surface area contributed by atoms with Gasteiger partial charge in [-0.15, -0.1) is 0 Å². The molecule has 8 rings (SSSR count). The highest BCUT2D eigenvalue weighted by atomic mass is 16.5. The SMILES string of the molecule is COc1ccc2c(c1)C13CCN(CC4CC4)C(C2)C12CCC1[C@@H]3[C@@H](CN1Cc1ccccc1)C2. The molecule has 2 aromatic rings. The van der Waals surface area contributed by atoms with E-state index in [-0.39, 0.29) is 0 Å². The highest BCUT2D eigenvalue weighted by Crippen LogP contribution is 2.75. The van der Waals surface area contributed by atoms with E-state index in [1.807, 2.05) is 7.11 Å². The minimum atomic E-state index is 0.360. The van der Waals surface area contributed by atoms with Gasteiger partial charge in [-0.3, -0.25) is 9.80 Å². The third kappa shape index (κ3) is 2.56. The summed E-state index contributed by atoms with van der Waals surface area (Å²) in [5, 5.41) is 0. The molecule has 6 atom stereocenters. The molecule has 0 N–H and O–H groups in total. The lowest BCUT2D eigenvalue weighted by atomic mass is 9.43. The number of rotatable bonds is 5. The van der Waals surface area contributed by atoms with Gasteiger partial charge in [-0.05, 0) is 103 Å². The van der Waals surface area contributed by atoms with Crippen LogP contribution in [0.25, 0.3) is 0 Å². The fraction of sp³-hybridized carbons (Fsp3) is 0.613. The third-order valence-corrected chi connectivity index (χ3v) is 11.3. The summed E-state index contributed by atoms with van der Waals surface area (Å²) < 4.78 is 5.81. The van der Waals surface area contributed by atoms with Gasteiger partial charge in [-0.1, -0.05) is 36.4 Å². The molecule has 178 valence electrons. The summed E-state index contributed by atoms with van der Waals surface area (Å²) in [5.74, 6) is 3.73. The first-order chi connectivity index (χ1) is 16.7. The van der Waals surface area contributed by atoms with E-state index >= 15 is 0 Å². The fourth-order valence-corrected chi connectivity index (χ4v) is 10.2. The van der Waals surface area contributed by atoms with Crippen LogP contribution < -0.4 is 4.74 Å². The highest BCUT2D eigenvalue weighted by Gasteiger charge is 2.75. The van der Waals surface area contributed by atoms with E-state index < -0.39 is 0 Å². The molecule has 2 aromatic carbocycles. The van der Waals surface area contributed by atoms with Crippen molar-refractivity contribution < 1.29 is 4.74 Å². The van der Waals surface area contributed by atoms with Crippen molar-refractivity contribution in [3.63, 3.8) is 0 Å². The van der Waals surface area contributed by atoms with Crippen LogP contribution in [0, 0.1) is 23.2 Å². The topological polar surface area (TPSA) is 15.7 Å². The van der Waals surface area contributed by atoms with Gasteiger partial charge in [0, 0.05) is 37.1 Å². The summed E-state index contributed by atoms with van der Waals surface area (Å²) in [6, 6.07) is 19.9. The van der Waals surface area contributed by atoms with Gasteiger partial charge in [0.05, 0.1) is 7.11 Å². The predicted octanol–water partition coefficient (Wildman–Crippen LogP) is 5.27. The molecule has 4 bridgehead atoms. The molecule has 6 aliphatic rings. The molecule has 3 saturated carbocycles. The van der Waals surface area contributed by atoms with Gasteiger partial charge >= 0.3 is 0 Å². The molecule has 0 radical (unpaired) electrons. The molecule has 2 saturated heterocycles. The summed E-state index contributed by atoms with van der Waals surface area (Å²) in [7, 11) is 1.85. The predicted molar refractivity (Wildman–Crippen MR) is 135 cm³/mol. The number of hydrogen-bond donors (Lipinski definition) is 0. The Hall–Kier alpha value is -1.84. The molecule has 0 spiro atoms. The zero-order chi connectivity index (χ0) is 22.5. The van der Waals surface area contributed by atoms with Gasteiger partial charge in [0.2, 0.25) is 0 Å². The molecule has 3 heteroatoms. The first kappa shape index (κ1) is 20.4. The standard InChI is InChI=1S/C31H38N2O/c1-34-25-10-9-23-15-28-30-12-11-27-29(24(17-30)20-33(27)19-21-5-3-2-4-6-21)31(30,26(23)16-25)13-14-32(28)18-22-7-8-22/h2-6,9-10,16,22,24,27-29H,7-8,11-15,17-20H2,1H3/t24-,27?,28?,29+,30?,31?/m1/s1. The summed E-state index contributed by atoms with van der Waals surface area (Å²) in [6.07, 6.45) is 9.87. The van der Waals surface area contributed by atoms with Crippen LogP contribution in [0.2, 0.25) is 0 Å². The van der Waals surface area contributed by atoms with E-state index in [1.54, 1.807) is 11.1 Å². The van der Waals surface area contributed by atoms with Crippen molar-refractivity contribution >= 4 is 0 Å². The van der Waals surface area contributed by atoms with E-state index in [1.165, 1.54) is 70.1 Å². The van der Waals surface area contributed by atoms with Crippen LogP contribution in [0.4, 0.5) is 0 Å². The molecule has 4 aliphatic carbocycles. The smallest absolute Gasteiger partial charge is 0.119 e. The Morgan fingerprint density at radius 2 is 1.88 bits per heavy atom. The molecule has 2 heterocycles. The zero-order valence-electron chi connectivity index (χ0n) is 20.6. The van der Waals surface area contributed by atoms with Gasteiger partial charge in [0.25, 0.3) is 0 Å². The van der Waals surface area contributed by atoms with Crippen molar-refractivity contribution in [2.45, 2.75) is 69.0 Å². The number of nitrogens with zero attached hydrogens (tertiary/aromatic N) is 2. The molecule has 0 amide bonds. The van der Waals surface area contributed by atoms with Crippen molar-refractivity contribution in [2.75, 3.05) is 26.7 Å². The number of ether oxygens (including phenoxy) is 1. The second-order valence-electron chi connectivity index (χ2n) is 12.6. The maximum Gasteiger partial charge on any atom is 0.119 e. The van der Waals surface area contributed by atoms with Crippen LogP contribution in [0.1, 0.15) is 55.2 Å². The Balaban J connectivity index is 1.24. The monoisotopic (exact) mass is 454 g/mol. The number of methoxy groups -OCH3 is 1. The lowest BCUT2D eigenvalue weighted by Crippen LogP contribution is -2.69. The Morgan fingerprint density at radius 3 is 2.71 bits per heavy atom. The molecule has 2 aliphatic heterocycles. The number of fused-ring (bicyclic) bond motifs is 1. The molecule has 0 aromatic heterocycles. The van der Waals surface area contributed by atoms with Crippen LogP contribution in [0.3, 0.4) is 0 Å². The van der Waals surface area contributed by atoms with Gasteiger partial charge in [-0.2, -0.15) is 0 Å². The first-order valence-corrected chi connectivity index (χ1v) is 13.9. The Kier molecular flexibility index (Phi) is 4.26. The molecular formula is C31H38N2O. The van der Waals surface area contributed by atoms with Gasteiger partial charge in [0.1, 0.15) is 5.75 Å². The average Bonchev–Trinajstić information content (AvgIpc) is 3.57. The average molecular weight is 455 g/mol. The summed E-state index contributed by atoms with van der Waals surface area (Å²) in [5.41, 5.74) is 5.68. The fourth-order valence-electron chi connectivity index (χ4n) is 10.2. The van der Waals surface area contributed by atoms with E-state index in [9.17, 15) is 0 Å². The Morgan fingerprint density at radius 1 is 1.00 bits per heavy atom. The largest absolute Gasteiger partial charge is 0.497 e. The number of hydrogen-bond acceptors (Lipinski definition) is 3. The second kappa shape index (κ2) is 7.11. The molecule has 34 heavy (non-hydrogen) atoms. The molecule has 3 nitrogen and oxygen atoms in total. The maximum atomic E-state index is 5.81.